The van der Waals surface area contributed by atoms with Gasteiger partial charge in [0.2, 0.25) is 5.88 Å². The molecule has 7 nitrogen and oxygen atoms in total. The fourth-order valence-electron chi connectivity index (χ4n) is 3.31. The van der Waals surface area contributed by atoms with Gasteiger partial charge in [-0.3, -0.25) is 4.79 Å². The maximum atomic E-state index is 12.4. The number of rotatable bonds is 4. The lowest BCUT2D eigenvalue weighted by atomic mass is 10.0. The van der Waals surface area contributed by atoms with Crippen molar-refractivity contribution in [1.82, 2.24) is 14.5 Å². The van der Waals surface area contributed by atoms with E-state index >= 15 is 0 Å². The van der Waals surface area contributed by atoms with Gasteiger partial charge in [0.25, 0.3) is 5.91 Å². The summed E-state index contributed by atoms with van der Waals surface area (Å²) in [6.45, 7) is 6.08. The van der Waals surface area contributed by atoms with Crippen LogP contribution in [0.25, 0.3) is 21.9 Å². The van der Waals surface area contributed by atoms with Crippen LogP contribution in [0.3, 0.4) is 0 Å². The summed E-state index contributed by atoms with van der Waals surface area (Å²) in [4.78, 5) is 19.7. The summed E-state index contributed by atoms with van der Waals surface area (Å²) in [7, 11) is 0. The summed E-state index contributed by atoms with van der Waals surface area (Å²) in [6.07, 6.45) is 0. The zero-order valence-corrected chi connectivity index (χ0v) is 16.0. The van der Waals surface area contributed by atoms with Gasteiger partial charge in [0.1, 0.15) is 12.4 Å². The molecule has 28 heavy (non-hydrogen) atoms. The molecule has 2 heterocycles. The number of carbonyl (C=O) groups is 1. The number of nitrogens with one attached hydrogen (secondary N) is 1. The van der Waals surface area contributed by atoms with Crippen molar-refractivity contribution in [3.8, 4) is 5.88 Å². The van der Waals surface area contributed by atoms with Crippen LogP contribution in [0.1, 0.15) is 31.2 Å². The van der Waals surface area contributed by atoms with Crippen molar-refractivity contribution in [3.05, 3.63) is 53.9 Å². The molecule has 2 N–H and O–H groups in total. The number of benzene rings is 2. The van der Waals surface area contributed by atoms with Crippen molar-refractivity contribution < 1.29 is 9.90 Å². The molecule has 7 heteroatoms. The van der Waals surface area contributed by atoms with Crippen molar-refractivity contribution in [2.45, 2.75) is 33.2 Å². The molecule has 2 aromatic carbocycles. The van der Waals surface area contributed by atoms with Gasteiger partial charge in [0.05, 0.1) is 16.6 Å². The summed E-state index contributed by atoms with van der Waals surface area (Å²) in [6, 6.07) is 13.5. The molecule has 0 radical (unpaired) electrons. The monoisotopic (exact) mass is 375 g/mol. The topological polar surface area (TPSA) is 95.6 Å². The third kappa shape index (κ3) is 3.15. The van der Waals surface area contributed by atoms with Crippen LogP contribution in [-0.2, 0) is 11.3 Å². The van der Waals surface area contributed by atoms with Crippen molar-refractivity contribution >= 4 is 33.5 Å². The highest BCUT2D eigenvalue weighted by Crippen LogP contribution is 2.37. The summed E-state index contributed by atoms with van der Waals surface area (Å²) < 4.78 is 1.81. The van der Waals surface area contributed by atoms with E-state index in [4.69, 9.17) is 0 Å². The minimum atomic E-state index is -0.417. The van der Waals surface area contributed by atoms with Crippen molar-refractivity contribution in [3.63, 3.8) is 0 Å². The van der Waals surface area contributed by atoms with Gasteiger partial charge in [0.15, 0.2) is 5.69 Å². The quantitative estimate of drug-likeness (QED) is 0.493. The Morgan fingerprint density at radius 2 is 2.04 bits per heavy atom. The zero-order valence-electron chi connectivity index (χ0n) is 16.0. The maximum Gasteiger partial charge on any atom is 0.284 e. The summed E-state index contributed by atoms with van der Waals surface area (Å²) >= 11 is 0. The summed E-state index contributed by atoms with van der Waals surface area (Å²) in [5.74, 6) is 0.559. The van der Waals surface area contributed by atoms with E-state index in [9.17, 15) is 9.90 Å². The van der Waals surface area contributed by atoms with E-state index in [0.717, 1.165) is 33.3 Å². The molecule has 4 rings (SSSR count). The van der Waals surface area contributed by atoms with Crippen LogP contribution in [0.2, 0.25) is 0 Å². The first-order chi connectivity index (χ1) is 13.4. The Bertz CT molecular complexity index is 1220. The van der Waals surface area contributed by atoms with Gasteiger partial charge >= 0.3 is 0 Å². The Hall–Kier alpha value is -3.48. The highest BCUT2D eigenvalue weighted by Gasteiger charge is 2.14. The normalized spacial score (nSPS) is 12.0. The largest absolute Gasteiger partial charge is 0.493 e. The van der Waals surface area contributed by atoms with Gasteiger partial charge in [-0.15, -0.1) is 10.2 Å². The van der Waals surface area contributed by atoms with Crippen LogP contribution in [0.4, 0.5) is 5.69 Å². The van der Waals surface area contributed by atoms with Crippen LogP contribution in [0.5, 0.6) is 5.88 Å². The Balaban J connectivity index is 1.63. The second-order valence-electron chi connectivity index (χ2n) is 7.11. The second-order valence-corrected chi connectivity index (χ2v) is 7.11. The minimum Gasteiger partial charge on any atom is -0.493 e. The van der Waals surface area contributed by atoms with Crippen molar-refractivity contribution in [2.75, 3.05) is 0 Å². The zero-order chi connectivity index (χ0) is 19.8. The minimum absolute atomic E-state index is 0.0379. The van der Waals surface area contributed by atoms with Gasteiger partial charge in [-0.2, -0.15) is 0 Å². The number of carbonyl (C=O) groups excluding carboxylic acids is 1. The maximum absolute atomic E-state index is 12.4. The van der Waals surface area contributed by atoms with Gasteiger partial charge in [-0.25, -0.2) is 4.98 Å². The molecule has 0 fully saturated rings. The average Bonchev–Trinajstić information content (AvgIpc) is 3.15. The first-order valence-corrected chi connectivity index (χ1v) is 9.15. The van der Waals surface area contributed by atoms with E-state index in [2.05, 4.69) is 34.0 Å². The number of H-pyrrole nitrogens is 1. The number of imidazole rings is 1. The van der Waals surface area contributed by atoms with E-state index in [1.807, 2.05) is 54.0 Å². The highest BCUT2D eigenvalue weighted by molar-refractivity contribution is 5.95. The molecule has 4 aromatic rings. The molecule has 0 unspecified atom stereocenters. The lowest BCUT2D eigenvalue weighted by Crippen LogP contribution is -2.08. The predicted octanol–water partition coefficient (Wildman–Crippen LogP) is 4.97. The molecular formula is C21H21N5O2. The highest BCUT2D eigenvalue weighted by atomic mass is 16.3. The number of para-hydroxylation sites is 2. The third-order valence-corrected chi connectivity index (χ3v) is 4.84. The Morgan fingerprint density at radius 3 is 2.82 bits per heavy atom. The number of azo groups is 1. The number of aromatic amines is 1. The predicted molar refractivity (Wildman–Crippen MR) is 108 cm³/mol. The molecule has 0 aliphatic rings. The van der Waals surface area contributed by atoms with Gasteiger partial charge in [-0.05, 0) is 42.7 Å². The van der Waals surface area contributed by atoms with Crippen LogP contribution in [-0.4, -0.2) is 25.5 Å². The number of nitrogens with zero attached hydrogens (tertiary/aromatic N) is 4. The molecule has 0 bridgehead atoms. The molecule has 0 spiro atoms. The SMILES string of the molecule is Cc1nc2ccccc2n1CC(=O)N=Nc1c(O)[nH]c2ccc(C(C)C)cc12. The summed E-state index contributed by atoms with van der Waals surface area (Å²) in [5, 5.41) is 18.8. The fourth-order valence-corrected chi connectivity index (χ4v) is 3.31. The number of hydrogen-bond acceptors (Lipinski definition) is 4. The lowest BCUT2D eigenvalue weighted by molar-refractivity contribution is -0.118. The van der Waals surface area contributed by atoms with Gasteiger partial charge in [0, 0.05) is 5.39 Å². The summed E-state index contributed by atoms with van der Waals surface area (Å²) in [5.41, 5.74) is 3.85. The van der Waals surface area contributed by atoms with Crippen molar-refractivity contribution in [1.29, 1.82) is 0 Å². The molecule has 2 aromatic heterocycles. The van der Waals surface area contributed by atoms with Gasteiger partial charge < -0.3 is 14.7 Å². The first kappa shape index (κ1) is 17.9. The smallest absolute Gasteiger partial charge is 0.284 e. The number of fused-ring (bicyclic) bond motifs is 2. The Labute approximate surface area is 161 Å². The van der Waals surface area contributed by atoms with Crippen LogP contribution in [0.15, 0.2) is 52.7 Å². The molecule has 0 saturated heterocycles. The van der Waals surface area contributed by atoms with Gasteiger partial charge in [-0.1, -0.05) is 32.0 Å². The molecule has 0 atom stereocenters. The molecule has 142 valence electrons. The van der Waals surface area contributed by atoms with E-state index in [1.165, 1.54) is 0 Å². The molecule has 1 amide bonds. The van der Waals surface area contributed by atoms with E-state index in [-0.39, 0.29) is 18.1 Å². The molecular weight excluding hydrogens is 354 g/mol. The van der Waals surface area contributed by atoms with Crippen molar-refractivity contribution in [2.24, 2.45) is 10.2 Å². The number of amides is 1. The third-order valence-electron chi connectivity index (χ3n) is 4.84. The standard InChI is InChI=1S/C21H21N5O2/c1-12(2)14-8-9-16-15(10-14)20(21(28)23-16)25-24-19(27)11-26-13(3)22-17-6-4-5-7-18(17)26/h4-10,12,23,28H,11H2,1-3H3. The van der Waals surface area contributed by atoms with Crippen LogP contribution < -0.4 is 0 Å². The number of aromatic hydroxyl groups is 1. The van der Waals surface area contributed by atoms with E-state index < -0.39 is 5.91 Å². The lowest BCUT2D eigenvalue weighted by Gasteiger charge is -2.04. The first-order valence-electron chi connectivity index (χ1n) is 9.15. The molecule has 0 saturated carbocycles. The molecule has 0 aliphatic carbocycles. The number of aryl methyl sites for hydroxylation is 1. The van der Waals surface area contributed by atoms with Crippen LogP contribution >= 0.6 is 0 Å². The Kier molecular flexibility index (Phi) is 4.43. The Morgan fingerprint density at radius 1 is 1.25 bits per heavy atom. The fraction of sp³-hybridized carbons (Fsp3) is 0.238. The molecule has 0 aliphatic heterocycles. The number of aromatic nitrogens is 3. The van der Waals surface area contributed by atoms with E-state index in [0.29, 0.717) is 5.92 Å². The van der Waals surface area contributed by atoms with Crippen LogP contribution in [0, 0.1) is 6.92 Å². The second kappa shape index (κ2) is 6.92. The van der Waals surface area contributed by atoms with E-state index in [1.54, 1.807) is 0 Å². The average molecular weight is 375 g/mol. The number of hydrogen-bond donors (Lipinski definition) is 2.